The Balaban J connectivity index is 2.61. The van der Waals surface area contributed by atoms with Crippen LogP contribution in [0.4, 0.5) is 0 Å². The molecule has 3 unspecified atom stereocenters. The summed E-state index contributed by atoms with van der Waals surface area (Å²) in [5.74, 6) is 3.44. The van der Waals surface area contributed by atoms with Crippen LogP contribution in [0, 0.1) is 23.7 Å². The van der Waals surface area contributed by atoms with Crippen LogP contribution in [0.1, 0.15) is 59.8 Å². The van der Waals surface area contributed by atoms with Gasteiger partial charge in [0.2, 0.25) is 0 Å². The second-order valence-electron chi connectivity index (χ2n) is 5.70. The molecule has 0 saturated heterocycles. The van der Waals surface area contributed by atoms with Crippen LogP contribution in [-0.4, -0.2) is 5.25 Å². The molecular weight excluding hydrogens is 200 g/mol. The van der Waals surface area contributed by atoms with Crippen LogP contribution in [0.2, 0.25) is 0 Å². The van der Waals surface area contributed by atoms with Crippen molar-refractivity contribution in [1.82, 2.24) is 0 Å². The Labute approximate surface area is 102 Å². The fraction of sp³-hybridized carbons (Fsp3) is 1.00. The van der Waals surface area contributed by atoms with Crippen molar-refractivity contribution in [3.8, 4) is 0 Å². The average Bonchev–Trinajstić information content (AvgIpc) is 2.69. The SMILES string of the molecule is CCC(S)C(C(C)C)C(C)C1CCCC1. The molecule has 3 atom stereocenters. The Morgan fingerprint density at radius 3 is 2.07 bits per heavy atom. The van der Waals surface area contributed by atoms with Crippen molar-refractivity contribution >= 4 is 12.6 Å². The van der Waals surface area contributed by atoms with E-state index in [-0.39, 0.29) is 0 Å². The van der Waals surface area contributed by atoms with Crippen molar-refractivity contribution in [1.29, 1.82) is 0 Å². The summed E-state index contributed by atoms with van der Waals surface area (Å²) in [5, 5.41) is 0.598. The van der Waals surface area contributed by atoms with E-state index in [1.165, 1.54) is 32.1 Å². The third-order valence-electron chi connectivity index (χ3n) is 4.38. The molecular formula is C14H28S. The summed E-state index contributed by atoms with van der Waals surface area (Å²) in [5.41, 5.74) is 0. The lowest BCUT2D eigenvalue weighted by Crippen LogP contribution is -2.31. The van der Waals surface area contributed by atoms with Gasteiger partial charge in [-0.05, 0) is 30.1 Å². The molecule has 0 N–H and O–H groups in total. The zero-order valence-electron chi connectivity index (χ0n) is 10.9. The maximum Gasteiger partial charge on any atom is 0.00475 e. The molecule has 1 heteroatoms. The van der Waals surface area contributed by atoms with Gasteiger partial charge < -0.3 is 0 Å². The van der Waals surface area contributed by atoms with E-state index >= 15 is 0 Å². The van der Waals surface area contributed by atoms with Gasteiger partial charge in [-0.1, -0.05) is 53.4 Å². The minimum Gasteiger partial charge on any atom is -0.176 e. The monoisotopic (exact) mass is 228 g/mol. The lowest BCUT2D eigenvalue weighted by Gasteiger charge is -2.35. The standard InChI is InChI=1S/C14H28S/c1-5-13(15)14(10(2)3)11(4)12-8-6-7-9-12/h10-15H,5-9H2,1-4H3. The molecule has 0 bridgehead atoms. The van der Waals surface area contributed by atoms with E-state index in [4.69, 9.17) is 12.6 Å². The molecule has 0 aromatic carbocycles. The highest BCUT2D eigenvalue weighted by Crippen LogP contribution is 2.40. The molecule has 1 saturated carbocycles. The van der Waals surface area contributed by atoms with Gasteiger partial charge in [-0.25, -0.2) is 0 Å². The molecule has 90 valence electrons. The molecule has 15 heavy (non-hydrogen) atoms. The lowest BCUT2D eigenvalue weighted by molar-refractivity contribution is 0.190. The molecule has 0 spiro atoms. The van der Waals surface area contributed by atoms with Crippen LogP contribution in [0.15, 0.2) is 0 Å². The molecule has 0 radical (unpaired) electrons. The van der Waals surface area contributed by atoms with Crippen LogP contribution < -0.4 is 0 Å². The molecule has 0 aromatic heterocycles. The Bertz CT molecular complexity index is 170. The maximum atomic E-state index is 4.80. The second kappa shape index (κ2) is 6.18. The van der Waals surface area contributed by atoms with E-state index in [1.807, 2.05) is 0 Å². The molecule has 1 rings (SSSR count). The third kappa shape index (κ3) is 3.41. The van der Waals surface area contributed by atoms with E-state index in [2.05, 4.69) is 27.7 Å². The van der Waals surface area contributed by atoms with Crippen molar-refractivity contribution in [2.75, 3.05) is 0 Å². The van der Waals surface area contributed by atoms with E-state index in [9.17, 15) is 0 Å². The van der Waals surface area contributed by atoms with Crippen LogP contribution in [0.3, 0.4) is 0 Å². The molecule has 1 fully saturated rings. The van der Waals surface area contributed by atoms with Crippen molar-refractivity contribution in [2.45, 2.75) is 65.0 Å². The quantitative estimate of drug-likeness (QED) is 0.642. The fourth-order valence-corrected chi connectivity index (χ4v) is 4.09. The minimum atomic E-state index is 0.598. The highest BCUT2D eigenvalue weighted by atomic mass is 32.1. The van der Waals surface area contributed by atoms with Crippen molar-refractivity contribution < 1.29 is 0 Å². The number of hydrogen-bond acceptors (Lipinski definition) is 1. The maximum absolute atomic E-state index is 4.80. The highest BCUT2D eigenvalue weighted by molar-refractivity contribution is 7.81. The van der Waals surface area contributed by atoms with Crippen molar-refractivity contribution in [3.05, 3.63) is 0 Å². The summed E-state index contributed by atoms with van der Waals surface area (Å²) in [6.07, 6.45) is 7.07. The van der Waals surface area contributed by atoms with Crippen molar-refractivity contribution in [3.63, 3.8) is 0 Å². The van der Waals surface area contributed by atoms with E-state index in [1.54, 1.807) is 0 Å². The topological polar surface area (TPSA) is 0 Å². The zero-order valence-corrected chi connectivity index (χ0v) is 11.8. The second-order valence-corrected chi connectivity index (χ2v) is 6.36. The predicted octanol–water partition coefficient (Wildman–Crippen LogP) is 4.79. The Morgan fingerprint density at radius 2 is 1.67 bits per heavy atom. The number of thiol groups is 1. The van der Waals surface area contributed by atoms with E-state index in [0.29, 0.717) is 5.25 Å². The molecule has 0 amide bonds. The van der Waals surface area contributed by atoms with Gasteiger partial charge in [0.25, 0.3) is 0 Å². The largest absolute Gasteiger partial charge is 0.176 e. The predicted molar refractivity (Wildman–Crippen MR) is 72.5 cm³/mol. The normalized spacial score (nSPS) is 24.4. The molecule has 1 aliphatic carbocycles. The van der Waals surface area contributed by atoms with Gasteiger partial charge in [-0.15, -0.1) is 0 Å². The van der Waals surface area contributed by atoms with Crippen LogP contribution in [-0.2, 0) is 0 Å². The van der Waals surface area contributed by atoms with Crippen molar-refractivity contribution in [2.24, 2.45) is 23.7 Å². The van der Waals surface area contributed by atoms with E-state index < -0.39 is 0 Å². The summed E-state index contributed by atoms with van der Waals surface area (Å²) >= 11 is 4.80. The Kier molecular flexibility index (Phi) is 5.52. The third-order valence-corrected chi connectivity index (χ3v) is 5.09. The molecule has 1 aliphatic rings. The minimum absolute atomic E-state index is 0.598. The van der Waals surface area contributed by atoms with Crippen LogP contribution in [0.25, 0.3) is 0 Å². The average molecular weight is 228 g/mol. The van der Waals surface area contributed by atoms with Crippen LogP contribution >= 0.6 is 12.6 Å². The first-order valence-corrected chi connectivity index (χ1v) is 7.27. The number of hydrogen-bond donors (Lipinski definition) is 1. The first kappa shape index (κ1) is 13.4. The first-order chi connectivity index (χ1) is 7.07. The molecule has 0 aliphatic heterocycles. The van der Waals surface area contributed by atoms with Gasteiger partial charge >= 0.3 is 0 Å². The van der Waals surface area contributed by atoms with Gasteiger partial charge in [0, 0.05) is 5.25 Å². The summed E-state index contributed by atoms with van der Waals surface area (Å²) in [6.45, 7) is 9.48. The molecule has 0 aromatic rings. The summed E-state index contributed by atoms with van der Waals surface area (Å²) < 4.78 is 0. The summed E-state index contributed by atoms with van der Waals surface area (Å²) in [6, 6.07) is 0. The number of rotatable bonds is 5. The molecule has 0 nitrogen and oxygen atoms in total. The summed E-state index contributed by atoms with van der Waals surface area (Å²) in [7, 11) is 0. The summed E-state index contributed by atoms with van der Waals surface area (Å²) in [4.78, 5) is 0. The van der Waals surface area contributed by atoms with Gasteiger partial charge in [-0.2, -0.15) is 12.6 Å². The van der Waals surface area contributed by atoms with E-state index in [0.717, 1.165) is 23.7 Å². The fourth-order valence-electron chi connectivity index (χ4n) is 3.47. The van der Waals surface area contributed by atoms with Gasteiger partial charge in [0.05, 0.1) is 0 Å². The lowest BCUT2D eigenvalue weighted by atomic mass is 9.74. The highest BCUT2D eigenvalue weighted by Gasteiger charge is 2.32. The van der Waals surface area contributed by atoms with Gasteiger partial charge in [0.15, 0.2) is 0 Å². The van der Waals surface area contributed by atoms with Crippen LogP contribution in [0.5, 0.6) is 0 Å². The first-order valence-electron chi connectivity index (χ1n) is 6.76. The van der Waals surface area contributed by atoms with Gasteiger partial charge in [0.1, 0.15) is 0 Å². The van der Waals surface area contributed by atoms with Gasteiger partial charge in [-0.3, -0.25) is 0 Å². The Hall–Kier alpha value is 0.350. The Morgan fingerprint density at radius 1 is 1.13 bits per heavy atom. The zero-order chi connectivity index (χ0) is 11.4. The smallest absolute Gasteiger partial charge is 0.00475 e. The molecule has 0 heterocycles.